The topological polar surface area (TPSA) is 9.23 Å². The standard InChI is InChI=1S/C3H5BO/c1-2-3-5-4/h2H,1,3H2. The second-order valence-electron chi connectivity index (χ2n) is 0.622. The Morgan fingerprint density at radius 3 is 2.60 bits per heavy atom. The molecule has 0 atom stereocenters. The number of hydrogen-bond acceptors (Lipinski definition) is 1. The first kappa shape index (κ1) is 4.76. The molecule has 0 spiro atoms. The summed E-state index contributed by atoms with van der Waals surface area (Å²) in [6, 6.07) is 0. The van der Waals surface area contributed by atoms with E-state index >= 15 is 0 Å². The molecule has 0 fully saturated rings. The Labute approximate surface area is 33.1 Å². The van der Waals surface area contributed by atoms with Crippen molar-refractivity contribution in [3.63, 3.8) is 0 Å². The van der Waals surface area contributed by atoms with Gasteiger partial charge in [0, 0.05) is 6.61 Å². The molecule has 0 amide bonds. The Hall–Kier alpha value is -0.235. The van der Waals surface area contributed by atoms with Gasteiger partial charge in [-0.1, -0.05) is 6.08 Å². The molecule has 0 N–H and O–H groups in total. The fourth-order valence-corrected chi connectivity index (χ4v) is 0.0680. The van der Waals surface area contributed by atoms with E-state index in [-0.39, 0.29) is 0 Å². The minimum atomic E-state index is 0.431. The van der Waals surface area contributed by atoms with Gasteiger partial charge in [0.2, 0.25) is 0 Å². The summed E-state index contributed by atoms with van der Waals surface area (Å²) < 4.78 is 4.07. The maximum absolute atomic E-state index is 4.57. The quantitative estimate of drug-likeness (QED) is 0.333. The molecule has 0 aromatic heterocycles. The Morgan fingerprint density at radius 2 is 2.60 bits per heavy atom. The van der Waals surface area contributed by atoms with Gasteiger partial charge in [0.15, 0.2) is 0 Å². The molecule has 0 aliphatic carbocycles. The van der Waals surface area contributed by atoms with E-state index in [2.05, 4.69) is 19.3 Å². The SMILES string of the molecule is [B]OCC=C. The van der Waals surface area contributed by atoms with Crippen LogP contribution in [0.1, 0.15) is 0 Å². The van der Waals surface area contributed by atoms with Crippen molar-refractivity contribution >= 4 is 8.05 Å². The van der Waals surface area contributed by atoms with Gasteiger partial charge < -0.3 is 4.65 Å². The minimum Gasteiger partial charge on any atom is -0.444 e. The highest BCUT2D eigenvalue weighted by atomic mass is 16.4. The van der Waals surface area contributed by atoms with Crippen molar-refractivity contribution in [2.75, 3.05) is 6.61 Å². The Bertz CT molecular complexity index is 28.1. The van der Waals surface area contributed by atoms with Crippen LogP contribution in [-0.4, -0.2) is 14.7 Å². The summed E-state index contributed by atoms with van der Waals surface area (Å²) in [6.07, 6.45) is 1.58. The smallest absolute Gasteiger partial charge is 0.283 e. The van der Waals surface area contributed by atoms with E-state index in [0.717, 1.165) is 0 Å². The van der Waals surface area contributed by atoms with Crippen molar-refractivity contribution in [1.29, 1.82) is 0 Å². The highest BCUT2D eigenvalue weighted by Gasteiger charge is 1.58. The first-order valence-corrected chi connectivity index (χ1v) is 1.34. The average Bonchev–Trinajstić information content (AvgIpc) is 1.41. The zero-order chi connectivity index (χ0) is 4.12. The molecule has 0 unspecified atom stereocenters. The molecule has 0 bridgehead atoms. The molecule has 0 aromatic rings. The van der Waals surface area contributed by atoms with E-state index in [4.69, 9.17) is 0 Å². The van der Waals surface area contributed by atoms with Crippen LogP contribution in [0.3, 0.4) is 0 Å². The monoisotopic (exact) mass is 68.0 g/mol. The molecule has 0 rings (SSSR count). The third-order valence-corrected chi connectivity index (χ3v) is 0.214. The molecular weight excluding hydrogens is 62.8 g/mol. The molecule has 0 aliphatic rings. The molecule has 2 radical (unpaired) electrons. The molecule has 0 saturated heterocycles. The van der Waals surface area contributed by atoms with Gasteiger partial charge in [0.05, 0.1) is 0 Å². The molecule has 1 nitrogen and oxygen atoms in total. The largest absolute Gasteiger partial charge is 0.444 e. The molecule has 0 heterocycles. The molecular formula is C3H5BO. The van der Waals surface area contributed by atoms with Crippen LogP contribution in [0.25, 0.3) is 0 Å². The van der Waals surface area contributed by atoms with Crippen molar-refractivity contribution in [3.8, 4) is 0 Å². The zero-order valence-electron chi connectivity index (χ0n) is 2.98. The third-order valence-electron chi connectivity index (χ3n) is 0.214. The minimum absolute atomic E-state index is 0.431. The van der Waals surface area contributed by atoms with Crippen molar-refractivity contribution in [2.45, 2.75) is 0 Å². The Balaban J connectivity index is 2.40. The summed E-state index contributed by atoms with van der Waals surface area (Å²) in [5, 5.41) is 0. The lowest BCUT2D eigenvalue weighted by Gasteiger charge is -1.80. The van der Waals surface area contributed by atoms with Crippen LogP contribution >= 0.6 is 0 Å². The molecule has 2 heteroatoms. The van der Waals surface area contributed by atoms with Crippen LogP contribution in [-0.2, 0) is 4.65 Å². The van der Waals surface area contributed by atoms with Crippen LogP contribution < -0.4 is 0 Å². The predicted molar refractivity (Wildman–Crippen MR) is 21.9 cm³/mol. The molecule has 5 heavy (non-hydrogen) atoms. The first-order valence-electron chi connectivity index (χ1n) is 1.34. The van der Waals surface area contributed by atoms with Gasteiger partial charge in [-0.15, -0.1) is 6.58 Å². The Kier molecular flexibility index (Phi) is 3.59. The van der Waals surface area contributed by atoms with Gasteiger partial charge >= 0.3 is 0 Å². The zero-order valence-corrected chi connectivity index (χ0v) is 2.98. The Morgan fingerprint density at radius 1 is 2.00 bits per heavy atom. The van der Waals surface area contributed by atoms with Gasteiger partial charge in [0.1, 0.15) is 0 Å². The van der Waals surface area contributed by atoms with E-state index in [0.29, 0.717) is 6.61 Å². The summed E-state index contributed by atoms with van der Waals surface area (Å²) in [6.45, 7) is 3.78. The predicted octanol–water partition coefficient (Wildman–Crippen LogP) is 0.272. The van der Waals surface area contributed by atoms with Crippen molar-refractivity contribution in [2.24, 2.45) is 0 Å². The second-order valence-corrected chi connectivity index (χ2v) is 0.622. The van der Waals surface area contributed by atoms with E-state index < -0.39 is 0 Å². The maximum Gasteiger partial charge on any atom is 0.283 e. The van der Waals surface area contributed by atoms with Crippen LogP contribution in [0.2, 0.25) is 0 Å². The molecule has 0 saturated carbocycles. The average molecular weight is 67.9 g/mol. The van der Waals surface area contributed by atoms with Crippen molar-refractivity contribution in [3.05, 3.63) is 12.7 Å². The lowest BCUT2D eigenvalue weighted by atomic mass is 10.5. The van der Waals surface area contributed by atoms with Crippen LogP contribution in [0.4, 0.5) is 0 Å². The molecule has 26 valence electrons. The summed E-state index contributed by atoms with van der Waals surface area (Å²) in [7, 11) is 4.57. The van der Waals surface area contributed by atoms with E-state index in [1.54, 1.807) is 6.08 Å². The van der Waals surface area contributed by atoms with Crippen molar-refractivity contribution < 1.29 is 4.65 Å². The van der Waals surface area contributed by atoms with Gasteiger partial charge in [0.25, 0.3) is 8.05 Å². The normalized spacial score (nSPS) is 7.20. The maximum atomic E-state index is 4.57. The highest BCUT2D eigenvalue weighted by molar-refractivity contribution is 5.98. The fourth-order valence-electron chi connectivity index (χ4n) is 0.0680. The second kappa shape index (κ2) is 3.76. The summed E-state index contributed by atoms with van der Waals surface area (Å²) >= 11 is 0. The van der Waals surface area contributed by atoms with Crippen LogP contribution in [0, 0.1) is 0 Å². The number of hydrogen-bond donors (Lipinski definition) is 0. The van der Waals surface area contributed by atoms with E-state index in [1.165, 1.54) is 0 Å². The van der Waals surface area contributed by atoms with Gasteiger partial charge in [-0.3, -0.25) is 0 Å². The first-order chi connectivity index (χ1) is 2.41. The van der Waals surface area contributed by atoms with Crippen molar-refractivity contribution in [1.82, 2.24) is 0 Å². The van der Waals surface area contributed by atoms with E-state index in [1.807, 2.05) is 0 Å². The van der Waals surface area contributed by atoms with E-state index in [9.17, 15) is 0 Å². The van der Waals surface area contributed by atoms with Crippen LogP contribution in [0.5, 0.6) is 0 Å². The third kappa shape index (κ3) is 3.76. The van der Waals surface area contributed by atoms with Gasteiger partial charge in [-0.25, -0.2) is 0 Å². The van der Waals surface area contributed by atoms with Gasteiger partial charge in [-0.05, 0) is 0 Å². The molecule has 0 aliphatic heterocycles. The summed E-state index contributed by atoms with van der Waals surface area (Å²) in [5.74, 6) is 0. The fraction of sp³-hybridized carbons (Fsp3) is 0.333. The summed E-state index contributed by atoms with van der Waals surface area (Å²) in [4.78, 5) is 0. The summed E-state index contributed by atoms with van der Waals surface area (Å²) in [5.41, 5.74) is 0. The van der Waals surface area contributed by atoms with Crippen LogP contribution in [0.15, 0.2) is 12.7 Å². The van der Waals surface area contributed by atoms with Gasteiger partial charge in [-0.2, -0.15) is 0 Å². The number of rotatable bonds is 2. The molecule has 0 aromatic carbocycles. The lowest BCUT2D eigenvalue weighted by molar-refractivity contribution is 0.402. The lowest BCUT2D eigenvalue weighted by Crippen LogP contribution is -1.79. The highest BCUT2D eigenvalue weighted by Crippen LogP contribution is 1.59.